The molecule has 1 unspecified atom stereocenters. The molecule has 4 amide bonds. The van der Waals surface area contributed by atoms with E-state index in [-0.39, 0.29) is 30.7 Å². The van der Waals surface area contributed by atoms with Crippen LogP contribution < -0.4 is 16.0 Å². The molecule has 0 saturated carbocycles. The Hall–Kier alpha value is -3.20. The largest absolute Gasteiger partial charge is 0.370 e. The molecule has 9 heteroatoms. The molecule has 0 radical (unpaired) electrons. The number of aliphatic hydroxyl groups is 1. The number of amides is 4. The summed E-state index contributed by atoms with van der Waals surface area (Å²) in [6, 6.07) is 6.57. The number of aliphatic hydroxyl groups excluding tert-OH is 1. The third kappa shape index (κ3) is 8.21. The molecule has 0 saturated heterocycles. The van der Waals surface area contributed by atoms with E-state index in [0.29, 0.717) is 31.5 Å². The molecular formula is C22H30N4O5. The molecule has 1 aliphatic heterocycles. The van der Waals surface area contributed by atoms with E-state index in [2.05, 4.69) is 16.0 Å². The Labute approximate surface area is 181 Å². The highest BCUT2D eigenvalue weighted by Gasteiger charge is 2.22. The second-order valence-electron chi connectivity index (χ2n) is 7.54. The van der Waals surface area contributed by atoms with Crippen LogP contribution in [0.4, 0.5) is 5.69 Å². The first-order chi connectivity index (χ1) is 14.8. The lowest BCUT2D eigenvalue weighted by Crippen LogP contribution is -2.45. The molecule has 2 atom stereocenters. The van der Waals surface area contributed by atoms with Crippen molar-refractivity contribution in [2.24, 2.45) is 0 Å². The summed E-state index contributed by atoms with van der Waals surface area (Å²) < 4.78 is 0. The van der Waals surface area contributed by atoms with Crippen molar-refractivity contribution in [2.45, 2.75) is 51.8 Å². The van der Waals surface area contributed by atoms with Crippen LogP contribution in [0.5, 0.6) is 0 Å². The van der Waals surface area contributed by atoms with E-state index >= 15 is 0 Å². The molecule has 0 bridgehead atoms. The van der Waals surface area contributed by atoms with E-state index in [1.54, 1.807) is 19.1 Å². The van der Waals surface area contributed by atoms with E-state index in [4.69, 9.17) is 0 Å². The van der Waals surface area contributed by atoms with Gasteiger partial charge in [0.05, 0.1) is 6.54 Å². The average Bonchev–Trinajstić information content (AvgIpc) is 3.05. The number of carbonyl (C=O) groups is 4. The zero-order valence-corrected chi connectivity index (χ0v) is 17.9. The van der Waals surface area contributed by atoms with Crippen molar-refractivity contribution < 1.29 is 24.3 Å². The van der Waals surface area contributed by atoms with Gasteiger partial charge in [-0.15, -0.1) is 0 Å². The zero-order chi connectivity index (χ0) is 22.8. The number of rotatable bonds is 11. The number of carbonyl (C=O) groups excluding carboxylic acids is 4. The summed E-state index contributed by atoms with van der Waals surface area (Å²) in [7, 11) is 0. The Morgan fingerprint density at radius 3 is 2.45 bits per heavy atom. The molecule has 1 aromatic rings. The van der Waals surface area contributed by atoms with Crippen molar-refractivity contribution in [3.8, 4) is 0 Å². The zero-order valence-electron chi connectivity index (χ0n) is 17.9. The van der Waals surface area contributed by atoms with E-state index in [1.807, 2.05) is 19.1 Å². The highest BCUT2D eigenvalue weighted by atomic mass is 16.3. The highest BCUT2D eigenvalue weighted by molar-refractivity contribution is 5.97. The fourth-order valence-electron chi connectivity index (χ4n) is 3.00. The number of aryl methyl sites for hydroxylation is 1. The number of nitrogens with one attached hydrogen (secondary N) is 3. The van der Waals surface area contributed by atoms with E-state index in [9.17, 15) is 24.3 Å². The molecule has 4 N–H and O–H groups in total. The van der Waals surface area contributed by atoms with Gasteiger partial charge in [-0.2, -0.15) is 0 Å². The van der Waals surface area contributed by atoms with Crippen LogP contribution >= 0.6 is 0 Å². The first-order valence-electron chi connectivity index (χ1n) is 10.4. The van der Waals surface area contributed by atoms with Gasteiger partial charge in [-0.05, 0) is 44.9 Å². The standard InChI is InChI=1S/C22H30N4O5/c1-15-7-9-17(10-8-15)25-22(31)16(2)24-19(28)14-23-18(27)6-4-3-5-13-26-20(29)11-12-21(26)30/h7-12,16,20,29H,3-6,13-14H2,1-2H3,(H,23,27)(H,24,28)(H,25,31)/t16-,20?/m0/s1. The smallest absolute Gasteiger partial charge is 0.248 e. The fraction of sp³-hybridized carbons (Fsp3) is 0.455. The Bertz CT molecular complexity index is 822. The summed E-state index contributed by atoms with van der Waals surface area (Å²) in [5, 5.41) is 17.4. The first kappa shape index (κ1) is 24.1. The lowest BCUT2D eigenvalue weighted by Gasteiger charge is -2.20. The molecule has 9 nitrogen and oxygen atoms in total. The molecule has 0 aliphatic carbocycles. The Kier molecular flexibility index (Phi) is 9.20. The lowest BCUT2D eigenvalue weighted by atomic mass is 10.2. The Morgan fingerprint density at radius 1 is 1.10 bits per heavy atom. The van der Waals surface area contributed by atoms with Crippen LogP contribution in [-0.4, -0.2) is 59.0 Å². The molecule has 1 aliphatic rings. The molecular weight excluding hydrogens is 400 g/mol. The normalized spacial score (nSPS) is 16.2. The third-order valence-electron chi connectivity index (χ3n) is 4.85. The lowest BCUT2D eigenvalue weighted by molar-refractivity contribution is -0.131. The molecule has 2 rings (SSSR count). The minimum atomic E-state index is -0.865. The van der Waals surface area contributed by atoms with Crippen molar-refractivity contribution in [1.29, 1.82) is 0 Å². The topological polar surface area (TPSA) is 128 Å². The maximum absolute atomic E-state index is 12.2. The van der Waals surface area contributed by atoms with Gasteiger partial charge in [0.15, 0.2) is 0 Å². The van der Waals surface area contributed by atoms with Gasteiger partial charge in [-0.25, -0.2) is 0 Å². The fourth-order valence-corrected chi connectivity index (χ4v) is 3.00. The third-order valence-corrected chi connectivity index (χ3v) is 4.85. The predicted molar refractivity (Wildman–Crippen MR) is 116 cm³/mol. The summed E-state index contributed by atoms with van der Waals surface area (Å²) >= 11 is 0. The van der Waals surface area contributed by atoms with Crippen molar-refractivity contribution in [1.82, 2.24) is 15.5 Å². The number of unbranched alkanes of at least 4 members (excludes halogenated alkanes) is 2. The summed E-state index contributed by atoms with van der Waals surface area (Å²) in [5.74, 6) is -1.27. The van der Waals surface area contributed by atoms with Crippen LogP contribution in [0.1, 0.15) is 38.2 Å². The summed E-state index contributed by atoms with van der Waals surface area (Å²) in [6.07, 6.45) is 4.16. The van der Waals surface area contributed by atoms with Crippen LogP contribution in [0.15, 0.2) is 36.4 Å². The van der Waals surface area contributed by atoms with Crippen molar-refractivity contribution in [2.75, 3.05) is 18.4 Å². The van der Waals surface area contributed by atoms with Crippen LogP contribution in [0.25, 0.3) is 0 Å². The monoisotopic (exact) mass is 430 g/mol. The molecule has 31 heavy (non-hydrogen) atoms. The van der Waals surface area contributed by atoms with Crippen LogP contribution in [0.3, 0.4) is 0 Å². The Morgan fingerprint density at radius 2 is 1.81 bits per heavy atom. The molecule has 0 aromatic heterocycles. The van der Waals surface area contributed by atoms with Crippen LogP contribution in [-0.2, 0) is 19.2 Å². The van der Waals surface area contributed by atoms with Crippen molar-refractivity contribution in [3.63, 3.8) is 0 Å². The number of anilines is 1. The minimum Gasteiger partial charge on any atom is -0.370 e. The molecule has 1 aromatic carbocycles. The van der Waals surface area contributed by atoms with Crippen molar-refractivity contribution in [3.05, 3.63) is 42.0 Å². The maximum atomic E-state index is 12.2. The number of hydrogen-bond acceptors (Lipinski definition) is 5. The molecule has 0 fully saturated rings. The van der Waals surface area contributed by atoms with Gasteiger partial charge in [-0.3, -0.25) is 19.2 Å². The van der Waals surface area contributed by atoms with E-state index in [1.165, 1.54) is 17.1 Å². The second kappa shape index (κ2) is 11.8. The Balaban J connectivity index is 1.56. The highest BCUT2D eigenvalue weighted by Crippen LogP contribution is 2.11. The van der Waals surface area contributed by atoms with Crippen molar-refractivity contribution >= 4 is 29.3 Å². The van der Waals surface area contributed by atoms with Gasteiger partial charge in [0.25, 0.3) is 0 Å². The number of nitrogens with zero attached hydrogens (tertiary/aromatic N) is 1. The number of benzene rings is 1. The number of hydrogen-bond donors (Lipinski definition) is 4. The van der Waals surface area contributed by atoms with Gasteiger partial charge in [0.1, 0.15) is 12.3 Å². The predicted octanol–water partition coefficient (Wildman–Crippen LogP) is 0.832. The van der Waals surface area contributed by atoms with E-state index in [0.717, 1.165) is 5.56 Å². The SMILES string of the molecule is Cc1ccc(NC(=O)[C@H](C)NC(=O)CNC(=O)CCCCCN2C(=O)C=CC2O)cc1. The second-order valence-corrected chi connectivity index (χ2v) is 7.54. The van der Waals surface area contributed by atoms with E-state index < -0.39 is 18.2 Å². The van der Waals surface area contributed by atoms with Crippen LogP contribution in [0.2, 0.25) is 0 Å². The quantitative estimate of drug-likeness (QED) is 0.387. The summed E-state index contributed by atoms with van der Waals surface area (Å²) in [5.41, 5.74) is 1.72. The summed E-state index contributed by atoms with van der Waals surface area (Å²) in [4.78, 5) is 48.8. The molecule has 1 heterocycles. The maximum Gasteiger partial charge on any atom is 0.248 e. The van der Waals surface area contributed by atoms with Gasteiger partial charge < -0.3 is 26.0 Å². The van der Waals surface area contributed by atoms with Gasteiger partial charge in [0, 0.05) is 24.7 Å². The molecule has 168 valence electrons. The summed E-state index contributed by atoms with van der Waals surface area (Å²) in [6.45, 7) is 3.74. The first-order valence-corrected chi connectivity index (χ1v) is 10.4. The van der Waals surface area contributed by atoms with Gasteiger partial charge in [0.2, 0.25) is 23.6 Å². The minimum absolute atomic E-state index is 0.207. The average molecular weight is 431 g/mol. The van der Waals surface area contributed by atoms with Crippen LogP contribution in [0, 0.1) is 6.92 Å². The molecule has 0 spiro atoms. The van der Waals surface area contributed by atoms with Gasteiger partial charge in [-0.1, -0.05) is 24.1 Å². The van der Waals surface area contributed by atoms with Gasteiger partial charge >= 0.3 is 0 Å².